The van der Waals surface area contributed by atoms with Gasteiger partial charge in [-0.2, -0.15) is 10.4 Å². The maximum atomic E-state index is 13.0. The molecule has 1 aliphatic carbocycles. The number of hydrogen-bond acceptors (Lipinski definition) is 5. The molecule has 9 heteroatoms. The van der Waals surface area contributed by atoms with Crippen molar-refractivity contribution in [2.75, 3.05) is 0 Å². The number of amides is 1. The Kier molecular flexibility index (Phi) is 5.55. The molecular weight excluding hydrogens is 517 g/mol. The fraction of sp³-hybridized carbons (Fsp3) is 0.348. The van der Waals surface area contributed by atoms with Gasteiger partial charge >= 0.3 is 0 Å². The summed E-state index contributed by atoms with van der Waals surface area (Å²) in [6, 6.07) is 8.64. The Morgan fingerprint density at radius 3 is 3.09 bits per heavy atom. The number of aryl methyl sites for hydroxylation is 1. The van der Waals surface area contributed by atoms with Crippen molar-refractivity contribution >= 4 is 50.6 Å². The second-order valence-corrected chi connectivity index (χ2v) is 9.04. The number of fused-ring (bicyclic) bond motifs is 2. The van der Waals surface area contributed by atoms with E-state index in [1.54, 1.807) is 12.4 Å². The van der Waals surface area contributed by atoms with E-state index >= 15 is 0 Å². The number of carbonyl (C=O) groups excluding carboxylic acids is 1. The lowest BCUT2D eigenvalue weighted by Crippen LogP contribution is -2.38. The molecule has 5 rings (SSSR count). The van der Waals surface area contributed by atoms with Crippen LogP contribution in [0.2, 0.25) is 0 Å². The fourth-order valence-corrected chi connectivity index (χ4v) is 4.93. The van der Waals surface area contributed by atoms with Crippen LogP contribution in [0.5, 0.6) is 0 Å². The lowest BCUT2D eigenvalue weighted by atomic mass is 9.86. The van der Waals surface area contributed by atoms with E-state index in [4.69, 9.17) is 4.98 Å². The molecule has 1 amide bonds. The molecule has 8 nitrogen and oxygen atoms in total. The number of nitrogens with one attached hydrogen (secondary N) is 2. The number of benzene rings is 1. The van der Waals surface area contributed by atoms with Gasteiger partial charge in [-0.15, -0.1) is 0 Å². The van der Waals surface area contributed by atoms with E-state index in [1.807, 2.05) is 11.7 Å². The molecule has 0 spiro atoms. The topological polar surface area (TPSA) is 112 Å². The molecule has 1 aromatic carbocycles. The number of nitriles is 1. The molecule has 2 atom stereocenters. The largest absolute Gasteiger partial charge is 0.349 e. The number of halogens is 1. The summed E-state index contributed by atoms with van der Waals surface area (Å²) in [5, 5.41) is 18.0. The Hall–Kier alpha value is -3.00. The van der Waals surface area contributed by atoms with Gasteiger partial charge in [0.05, 0.1) is 23.3 Å². The minimum atomic E-state index is -0.191. The molecule has 0 unspecified atom stereocenters. The van der Waals surface area contributed by atoms with Crippen molar-refractivity contribution in [3.05, 3.63) is 41.7 Å². The van der Waals surface area contributed by atoms with Crippen LogP contribution in [0.4, 0.5) is 0 Å². The van der Waals surface area contributed by atoms with Crippen molar-refractivity contribution in [3.8, 4) is 17.5 Å². The van der Waals surface area contributed by atoms with Gasteiger partial charge in [-0.3, -0.25) is 9.48 Å². The smallest absolute Gasteiger partial charge is 0.255 e. The van der Waals surface area contributed by atoms with Gasteiger partial charge in [0.1, 0.15) is 16.9 Å². The van der Waals surface area contributed by atoms with Gasteiger partial charge in [-0.1, -0.05) is 41.1 Å². The monoisotopic (exact) mass is 539 g/mol. The van der Waals surface area contributed by atoms with Gasteiger partial charge < -0.3 is 10.3 Å². The van der Waals surface area contributed by atoms with Gasteiger partial charge in [0.15, 0.2) is 5.65 Å². The molecule has 0 saturated heterocycles. The van der Waals surface area contributed by atoms with Gasteiger partial charge in [-0.05, 0) is 30.9 Å². The van der Waals surface area contributed by atoms with E-state index in [0.717, 1.165) is 40.3 Å². The van der Waals surface area contributed by atoms with Crippen molar-refractivity contribution in [2.45, 2.75) is 36.2 Å². The average molecular weight is 539 g/mol. The second kappa shape index (κ2) is 8.50. The molecule has 162 valence electrons. The number of carbonyl (C=O) groups is 1. The van der Waals surface area contributed by atoms with Crippen LogP contribution in [0.15, 0.2) is 30.6 Å². The summed E-state index contributed by atoms with van der Waals surface area (Å²) in [5.74, 6) is -0.183. The summed E-state index contributed by atoms with van der Waals surface area (Å²) in [6.07, 6.45) is 6.78. The van der Waals surface area contributed by atoms with Crippen LogP contribution in [0, 0.1) is 17.2 Å². The van der Waals surface area contributed by atoms with E-state index in [1.165, 1.54) is 5.56 Å². The number of aromatic amines is 1. The third-order valence-electron chi connectivity index (χ3n) is 6.13. The van der Waals surface area contributed by atoms with Crippen molar-refractivity contribution < 1.29 is 4.79 Å². The molecule has 2 N–H and O–H groups in total. The number of nitrogens with zero attached hydrogens (tertiary/aromatic N) is 5. The highest BCUT2D eigenvalue weighted by molar-refractivity contribution is 14.1. The molecule has 0 radical (unpaired) electrons. The Balaban J connectivity index is 1.49. The quantitative estimate of drug-likeness (QED) is 0.298. The van der Waals surface area contributed by atoms with Gasteiger partial charge in [-0.25, -0.2) is 9.97 Å². The zero-order chi connectivity index (χ0) is 22.2. The van der Waals surface area contributed by atoms with Crippen LogP contribution in [-0.2, 0) is 11.5 Å². The highest BCUT2D eigenvalue weighted by Crippen LogP contribution is 2.29. The Bertz CT molecular complexity index is 1370. The number of H-pyrrole nitrogens is 1. The van der Waals surface area contributed by atoms with E-state index < -0.39 is 0 Å². The lowest BCUT2D eigenvalue weighted by molar-refractivity contribution is 0.0925. The molecule has 0 bridgehead atoms. The molecule has 1 aliphatic rings. The van der Waals surface area contributed by atoms with Crippen molar-refractivity contribution in [3.63, 3.8) is 0 Å². The average Bonchev–Trinajstić information content (AvgIpc) is 3.39. The molecule has 4 aromatic rings. The normalized spacial score (nSPS) is 18.7. The third kappa shape index (κ3) is 3.72. The minimum absolute atomic E-state index is 0.00793. The van der Waals surface area contributed by atoms with Gasteiger partial charge in [0.2, 0.25) is 0 Å². The van der Waals surface area contributed by atoms with E-state index in [9.17, 15) is 10.1 Å². The molecule has 3 heterocycles. The Morgan fingerprint density at radius 1 is 1.41 bits per heavy atom. The predicted molar refractivity (Wildman–Crippen MR) is 130 cm³/mol. The second-order valence-electron chi connectivity index (χ2n) is 8.28. The van der Waals surface area contributed by atoms with Crippen LogP contribution < -0.4 is 5.32 Å². The fourth-order valence-electron chi connectivity index (χ4n) is 4.46. The summed E-state index contributed by atoms with van der Waals surface area (Å²) in [4.78, 5) is 25.3. The first-order valence-corrected chi connectivity index (χ1v) is 12.2. The number of rotatable bonds is 4. The zero-order valence-corrected chi connectivity index (χ0v) is 19.8. The van der Waals surface area contributed by atoms with Crippen LogP contribution >= 0.6 is 22.6 Å². The SMILES string of the molecule is Cn1nc(-c2cnc3[nH]cc(C(=O)N[C@@H]4CCC[C@H](C#N)C4)c3n2)c2ccc(CI)cc21. The lowest BCUT2D eigenvalue weighted by Gasteiger charge is -2.25. The Labute approximate surface area is 198 Å². The van der Waals surface area contributed by atoms with E-state index in [-0.39, 0.29) is 17.9 Å². The first-order chi connectivity index (χ1) is 15.6. The first-order valence-electron chi connectivity index (χ1n) is 10.6. The maximum Gasteiger partial charge on any atom is 0.255 e. The predicted octanol–water partition coefficient (Wildman–Crippen LogP) is 4.26. The van der Waals surface area contributed by atoms with Crippen LogP contribution in [0.25, 0.3) is 33.5 Å². The molecule has 0 aliphatic heterocycles. The molecule has 3 aromatic heterocycles. The molecule has 32 heavy (non-hydrogen) atoms. The standard InChI is InChI=1S/C23H22IN7O/c1-31-19-8-13(9-24)5-6-16(19)20(30-31)18-12-27-22-21(29-18)17(11-26-22)23(32)28-15-4-2-3-14(7-15)10-25/h5-6,8,11-12,14-15H,2-4,7,9H2,1H3,(H,26,27)(H,28,32)/t14-,15+/m0/s1. The van der Waals surface area contributed by atoms with Gasteiger partial charge in [0, 0.05) is 35.0 Å². The van der Waals surface area contributed by atoms with Crippen LogP contribution in [0.3, 0.4) is 0 Å². The molecule has 1 saturated carbocycles. The third-order valence-corrected chi connectivity index (χ3v) is 7.01. The molecular formula is C23H22IN7O. The highest BCUT2D eigenvalue weighted by Gasteiger charge is 2.25. The van der Waals surface area contributed by atoms with Crippen molar-refractivity contribution in [1.29, 1.82) is 5.26 Å². The summed E-state index contributed by atoms with van der Waals surface area (Å²) >= 11 is 2.35. The highest BCUT2D eigenvalue weighted by atomic mass is 127. The summed E-state index contributed by atoms with van der Waals surface area (Å²) in [7, 11) is 1.92. The van der Waals surface area contributed by atoms with E-state index in [2.05, 4.69) is 67.2 Å². The van der Waals surface area contributed by atoms with Crippen LogP contribution in [0.1, 0.15) is 41.6 Å². The summed E-state index contributed by atoms with van der Waals surface area (Å²) < 4.78 is 2.78. The van der Waals surface area contributed by atoms with Crippen molar-refractivity contribution in [1.82, 2.24) is 30.0 Å². The Morgan fingerprint density at radius 2 is 2.28 bits per heavy atom. The van der Waals surface area contributed by atoms with Gasteiger partial charge in [0.25, 0.3) is 5.91 Å². The zero-order valence-electron chi connectivity index (χ0n) is 17.6. The van der Waals surface area contributed by atoms with E-state index in [0.29, 0.717) is 28.8 Å². The number of aromatic nitrogens is 5. The number of hydrogen-bond donors (Lipinski definition) is 2. The first kappa shape index (κ1) is 20.9. The summed E-state index contributed by atoms with van der Waals surface area (Å²) in [6.45, 7) is 0. The maximum absolute atomic E-state index is 13.0. The summed E-state index contributed by atoms with van der Waals surface area (Å²) in [5.41, 5.74) is 5.18. The van der Waals surface area contributed by atoms with Crippen LogP contribution in [-0.4, -0.2) is 36.7 Å². The number of alkyl halides is 1. The minimum Gasteiger partial charge on any atom is -0.349 e. The van der Waals surface area contributed by atoms with Crippen molar-refractivity contribution in [2.24, 2.45) is 13.0 Å². The molecule has 1 fully saturated rings.